The lowest BCUT2D eigenvalue weighted by molar-refractivity contribution is -0.136. The van der Waals surface area contributed by atoms with E-state index in [0.29, 0.717) is 24.3 Å². The lowest BCUT2D eigenvalue weighted by Crippen LogP contribution is -2.41. The molecule has 2 aromatic carbocycles. The highest BCUT2D eigenvalue weighted by molar-refractivity contribution is 7.99. The molecule has 2 aliphatic heterocycles. The molecule has 5 rings (SSSR count). The lowest BCUT2D eigenvalue weighted by Gasteiger charge is -2.38. The predicted octanol–water partition coefficient (Wildman–Crippen LogP) is 6.89. The Morgan fingerprint density at radius 3 is 2.74 bits per heavy atom. The zero-order valence-corrected chi connectivity index (χ0v) is 21.3. The molecule has 35 heavy (non-hydrogen) atoms. The molecule has 3 aromatic rings. The summed E-state index contributed by atoms with van der Waals surface area (Å²) in [7, 11) is 0. The van der Waals surface area contributed by atoms with Crippen molar-refractivity contribution in [2.75, 3.05) is 19.7 Å². The summed E-state index contributed by atoms with van der Waals surface area (Å²) < 4.78 is 11.9. The fourth-order valence-corrected chi connectivity index (χ4v) is 5.97. The number of benzene rings is 2. The Labute approximate surface area is 211 Å². The number of aliphatic carboxylic acids is 1. The van der Waals surface area contributed by atoms with Crippen LogP contribution in [-0.4, -0.2) is 41.7 Å². The number of ether oxygens (including phenoxy) is 1. The van der Waals surface area contributed by atoms with Gasteiger partial charge in [0.05, 0.1) is 6.61 Å². The lowest BCUT2D eigenvalue weighted by atomic mass is 9.87. The molecule has 0 aliphatic carbocycles. The Bertz CT molecular complexity index is 1230. The highest BCUT2D eigenvalue weighted by atomic mass is 32.2. The molecule has 184 valence electrons. The molecule has 6 heteroatoms. The van der Waals surface area contributed by atoms with Crippen LogP contribution in [0.5, 0.6) is 5.75 Å². The van der Waals surface area contributed by atoms with Gasteiger partial charge in [-0.2, -0.15) is 0 Å². The zero-order valence-electron chi connectivity index (χ0n) is 20.5. The van der Waals surface area contributed by atoms with Crippen LogP contribution in [0, 0.1) is 5.92 Å². The van der Waals surface area contributed by atoms with Crippen molar-refractivity contribution in [2.24, 2.45) is 5.92 Å². The third-order valence-electron chi connectivity index (χ3n) is 6.78. The monoisotopic (exact) mass is 491 g/mol. The number of carbonyl (C=O) groups is 1. The van der Waals surface area contributed by atoms with Gasteiger partial charge < -0.3 is 14.3 Å². The maximum atomic E-state index is 11.6. The number of rotatable bonds is 8. The van der Waals surface area contributed by atoms with Gasteiger partial charge in [0.25, 0.3) is 0 Å². The van der Waals surface area contributed by atoms with E-state index < -0.39 is 5.97 Å². The molecule has 1 unspecified atom stereocenters. The summed E-state index contributed by atoms with van der Waals surface area (Å²) in [5.41, 5.74) is 2.98. The molecule has 5 nitrogen and oxygen atoms in total. The standard InChI is InChI=1S/C29H33NO4S/c1-19(2)18-33-22-6-8-23(9-7-22)35-24-10-11-26-25(16-24)29(27(34-26)17-28(31)32)20-12-14-30-13-4-3-5-21(30)15-20/h6-12,16,19,21H,3-5,13-15,17-18H2,1-2H3,(H,31,32). The molecule has 0 spiro atoms. The number of fused-ring (bicyclic) bond motifs is 2. The summed E-state index contributed by atoms with van der Waals surface area (Å²) in [4.78, 5) is 16.4. The zero-order chi connectivity index (χ0) is 24.4. The summed E-state index contributed by atoms with van der Waals surface area (Å²) in [6, 6.07) is 14.9. The average Bonchev–Trinajstić information content (AvgIpc) is 3.19. The Hall–Kier alpha value is -2.70. The SMILES string of the molecule is CC(C)COc1ccc(Sc2ccc3oc(CC(=O)O)c(C4=CCN5CCCCC5C4)c3c2)cc1. The summed E-state index contributed by atoms with van der Waals surface area (Å²) in [5.74, 6) is 1.08. The molecule has 1 fully saturated rings. The van der Waals surface area contributed by atoms with Crippen molar-refractivity contribution in [1.82, 2.24) is 4.90 Å². The van der Waals surface area contributed by atoms with Crippen LogP contribution in [-0.2, 0) is 11.2 Å². The Kier molecular flexibility index (Phi) is 7.21. The molecule has 1 saturated heterocycles. The topological polar surface area (TPSA) is 62.9 Å². The van der Waals surface area contributed by atoms with Crippen molar-refractivity contribution >= 4 is 34.3 Å². The maximum absolute atomic E-state index is 11.6. The van der Waals surface area contributed by atoms with E-state index in [1.807, 2.05) is 24.3 Å². The second-order valence-electron chi connectivity index (χ2n) is 9.99. The van der Waals surface area contributed by atoms with Gasteiger partial charge in [0, 0.05) is 33.3 Å². The number of furan rings is 1. The molecule has 1 atom stereocenters. The van der Waals surface area contributed by atoms with Gasteiger partial charge in [-0.15, -0.1) is 0 Å². The van der Waals surface area contributed by atoms with Crippen molar-refractivity contribution in [3.8, 4) is 5.75 Å². The minimum absolute atomic E-state index is 0.101. The molecule has 0 radical (unpaired) electrons. The second kappa shape index (κ2) is 10.5. The molecule has 0 saturated carbocycles. The first-order chi connectivity index (χ1) is 17.0. The first kappa shape index (κ1) is 24.0. The number of piperidine rings is 1. The Morgan fingerprint density at radius 1 is 1.17 bits per heavy atom. The van der Waals surface area contributed by atoms with Crippen molar-refractivity contribution < 1.29 is 19.1 Å². The van der Waals surface area contributed by atoms with Crippen LogP contribution in [0.3, 0.4) is 0 Å². The van der Waals surface area contributed by atoms with Crippen LogP contribution < -0.4 is 4.74 Å². The number of carboxylic acids is 1. The van der Waals surface area contributed by atoms with Crippen LogP contribution >= 0.6 is 11.8 Å². The molecular formula is C29H33NO4S. The van der Waals surface area contributed by atoms with Gasteiger partial charge >= 0.3 is 5.97 Å². The van der Waals surface area contributed by atoms with E-state index in [4.69, 9.17) is 9.15 Å². The predicted molar refractivity (Wildman–Crippen MR) is 140 cm³/mol. The summed E-state index contributed by atoms with van der Waals surface area (Å²) in [5, 5.41) is 10.6. The van der Waals surface area contributed by atoms with Gasteiger partial charge in [-0.25, -0.2) is 0 Å². The van der Waals surface area contributed by atoms with Crippen LogP contribution in [0.2, 0.25) is 0 Å². The van der Waals surface area contributed by atoms with E-state index in [-0.39, 0.29) is 6.42 Å². The molecule has 2 aliphatic rings. The number of hydrogen-bond acceptors (Lipinski definition) is 5. The van der Waals surface area contributed by atoms with Crippen molar-refractivity contribution in [3.63, 3.8) is 0 Å². The van der Waals surface area contributed by atoms with Gasteiger partial charge in [0.15, 0.2) is 0 Å². The highest BCUT2D eigenvalue weighted by Crippen LogP contribution is 2.40. The molecule has 0 bridgehead atoms. The molecular weight excluding hydrogens is 458 g/mol. The van der Waals surface area contributed by atoms with Crippen molar-refractivity contribution in [2.45, 2.75) is 61.8 Å². The van der Waals surface area contributed by atoms with E-state index in [0.717, 1.165) is 51.6 Å². The van der Waals surface area contributed by atoms with E-state index in [1.54, 1.807) is 11.8 Å². The number of nitrogens with zero attached hydrogens (tertiary/aromatic N) is 1. The fraction of sp³-hybridized carbons (Fsp3) is 0.414. The molecule has 3 heterocycles. The van der Waals surface area contributed by atoms with Crippen LogP contribution in [0.25, 0.3) is 16.5 Å². The molecule has 1 aromatic heterocycles. The van der Waals surface area contributed by atoms with Crippen LogP contribution in [0.1, 0.15) is 50.9 Å². The quantitative estimate of drug-likeness (QED) is 0.370. The van der Waals surface area contributed by atoms with Gasteiger partial charge in [-0.3, -0.25) is 9.69 Å². The fourth-order valence-electron chi connectivity index (χ4n) is 5.11. The number of carboxylic acid groups (broad SMARTS) is 1. The first-order valence-corrected chi connectivity index (χ1v) is 13.4. The van der Waals surface area contributed by atoms with E-state index in [9.17, 15) is 9.90 Å². The van der Waals surface area contributed by atoms with Crippen molar-refractivity contribution in [1.29, 1.82) is 0 Å². The Morgan fingerprint density at radius 2 is 1.97 bits per heavy atom. The van der Waals surface area contributed by atoms with Crippen molar-refractivity contribution in [3.05, 3.63) is 59.9 Å². The van der Waals surface area contributed by atoms with E-state index in [2.05, 4.69) is 43.0 Å². The second-order valence-corrected chi connectivity index (χ2v) is 11.1. The average molecular weight is 492 g/mol. The van der Waals surface area contributed by atoms with Gasteiger partial charge in [-0.1, -0.05) is 38.1 Å². The summed E-state index contributed by atoms with van der Waals surface area (Å²) in [6.07, 6.45) is 6.88. The normalized spacial score (nSPS) is 18.5. The third-order valence-corrected chi connectivity index (χ3v) is 7.78. The minimum atomic E-state index is -0.865. The number of hydrogen-bond donors (Lipinski definition) is 1. The van der Waals surface area contributed by atoms with E-state index >= 15 is 0 Å². The minimum Gasteiger partial charge on any atom is -0.493 e. The summed E-state index contributed by atoms with van der Waals surface area (Å²) in [6.45, 7) is 7.07. The summed E-state index contributed by atoms with van der Waals surface area (Å²) >= 11 is 1.69. The van der Waals surface area contributed by atoms with Crippen LogP contribution in [0.4, 0.5) is 0 Å². The largest absolute Gasteiger partial charge is 0.493 e. The smallest absolute Gasteiger partial charge is 0.311 e. The third kappa shape index (κ3) is 5.60. The van der Waals surface area contributed by atoms with Gasteiger partial charge in [0.1, 0.15) is 23.5 Å². The molecule has 1 N–H and O–H groups in total. The maximum Gasteiger partial charge on any atom is 0.311 e. The van der Waals surface area contributed by atoms with Gasteiger partial charge in [-0.05, 0) is 79.8 Å². The molecule has 0 amide bonds. The first-order valence-electron chi connectivity index (χ1n) is 12.6. The van der Waals surface area contributed by atoms with Crippen LogP contribution in [0.15, 0.2) is 62.7 Å². The highest BCUT2D eigenvalue weighted by Gasteiger charge is 2.29. The Balaban J connectivity index is 1.44. The van der Waals surface area contributed by atoms with Gasteiger partial charge in [0.2, 0.25) is 0 Å². The van der Waals surface area contributed by atoms with E-state index in [1.165, 1.54) is 24.8 Å².